The van der Waals surface area contributed by atoms with Crippen LogP contribution in [0, 0.1) is 17.2 Å². The number of aryl methyl sites for hydroxylation is 1. The first-order valence-electron chi connectivity index (χ1n) is 12.2. The SMILES string of the molecule is CC1CCN(c2cc(N3CCC[C@H]3C(=O)CCCc3ccc(C#N)cc3)nc(C(F)(F)F)n2)CC1. The molecule has 0 N–H and O–H groups in total. The Balaban J connectivity index is 1.47. The van der Waals surface area contributed by atoms with E-state index < -0.39 is 18.0 Å². The van der Waals surface area contributed by atoms with Gasteiger partial charge in [-0.05, 0) is 62.1 Å². The van der Waals surface area contributed by atoms with Gasteiger partial charge in [-0.1, -0.05) is 19.1 Å². The lowest BCUT2D eigenvalue weighted by Crippen LogP contribution is -2.38. The van der Waals surface area contributed by atoms with Crippen LogP contribution < -0.4 is 9.80 Å². The van der Waals surface area contributed by atoms with E-state index in [9.17, 15) is 18.0 Å². The van der Waals surface area contributed by atoms with Crippen LogP contribution in [0.3, 0.4) is 0 Å². The van der Waals surface area contributed by atoms with Crippen LogP contribution >= 0.6 is 0 Å². The van der Waals surface area contributed by atoms with Crippen molar-refractivity contribution in [3.8, 4) is 6.07 Å². The molecule has 0 saturated carbocycles. The quantitative estimate of drug-likeness (QED) is 0.539. The van der Waals surface area contributed by atoms with Gasteiger partial charge in [-0.25, -0.2) is 9.97 Å². The summed E-state index contributed by atoms with van der Waals surface area (Å²) in [5, 5.41) is 8.91. The smallest absolute Gasteiger partial charge is 0.356 e. The minimum absolute atomic E-state index is 0.0247. The van der Waals surface area contributed by atoms with Crippen molar-refractivity contribution < 1.29 is 18.0 Å². The number of aromatic nitrogens is 2. The maximum Gasteiger partial charge on any atom is 0.451 e. The number of rotatable bonds is 7. The molecule has 2 aliphatic rings. The molecular formula is C26H30F3N5O. The number of nitrogens with zero attached hydrogens (tertiary/aromatic N) is 5. The number of halogens is 3. The number of hydrogen-bond acceptors (Lipinski definition) is 6. The number of piperidine rings is 1. The molecule has 2 aromatic rings. The molecule has 186 valence electrons. The van der Waals surface area contributed by atoms with Crippen molar-refractivity contribution in [1.29, 1.82) is 5.26 Å². The number of anilines is 2. The van der Waals surface area contributed by atoms with Crippen molar-refractivity contribution in [2.45, 2.75) is 64.1 Å². The lowest BCUT2D eigenvalue weighted by Gasteiger charge is -2.32. The Morgan fingerprint density at radius 3 is 2.43 bits per heavy atom. The topological polar surface area (TPSA) is 73.1 Å². The van der Waals surface area contributed by atoms with Gasteiger partial charge in [0.1, 0.15) is 11.6 Å². The molecule has 9 heteroatoms. The maximum absolute atomic E-state index is 13.6. The van der Waals surface area contributed by atoms with E-state index in [1.165, 1.54) is 0 Å². The molecule has 1 aromatic heterocycles. The van der Waals surface area contributed by atoms with Gasteiger partial charge in [-0.15, -0.1) is 0 Å². The molecule has 4 rings (SSSR count). The predicted molar refractivity (Wildman–Crippen MR) is 127 cm³/mol. The fraction of sp³-hybridized carbons (Fsp3) is 0.538. The van der Waals surface area contributed by atoms with E-state index in [1.54, 1.807) is 23.1 Å². The van der Waals surface area contributed by atoms with E-state index in [4.69, 9.17) is 5.26 Å². The molecular weight excluding hydrogens is 455 g/mol. The molecule has 0 spiro atoms. The molecule has 0 radical (unpaired) electrons. The van der Waals surface area contributed by atoms with E-state index in [-0.39, 0.29) is 17.4 Å². The van der Waals surface area contributed by atoms with Gasteiger partial charge in [0.15, 0.2) is 5.78 Å². The number of nitriles is 1. The highest BCUT2D eigenvalue weighted by Crippen LogP contribution is 2.34. The molecule has 1 atom stereocenters. The van der Waals surface area contributed by atoms with Gasteiger partial charge in [0.05, 0.1) is 17.7 Å². The van der Waals surface area contributed by atoms with Gasteiger partial charge in [-0.2, -0.15) is 18.4 Å². The summed E-state index contributed by atoms with van der Waals surface area (Å²) in [7, 11) is 0. The molecule has 2 fully saturated rings. The van der Waals surface area contributed by atoms with Gasteiger partial charge in [0.25, 0.3) is 0 Å². The molecule has 35 heavy (non-hydrogen) atoms. The number of carbonyl (C=O) groups excluding carboxylic acids is 1. The average molecular weight is 486 g/mol. The van der Waals surface area contributed by atoms with E-state index in [0.717, 1.165) is 24.8 Å². The molecule has 0 amide bonds. The van der Waals surface area contributed by atoms with Crippen LogP contribution in [0.5, 0.6) is 0 Å². The van der Waals surface area contributed by atoms with Crippen LogP contribution in [-0.4, -0.2) is 41.4 Å². The Morgan fingerprint density at radius 1 is 1.09 bits per heavy atom. The first-order valence-corrected chi connectivity index (χ1v) is 12.2. The van der Waals surface area contributed by atoms with Crippen LogP contribution in [0.15, 0.2) is 30.3 Å². The molecule has 0 aliphatic carbocycles. The van der Waals surface area contributed by atoms with Crippen LogP contribution in [0.4, 0.5) is 24.8 Å². The molecule has 6 nitrogen and oxygen atoms in total. The highest BCUT2D eigenvalue weighted by atomic mass is 19.4. The van der Waals surface area contributed by atoms with Crippen molar-refractivity contribution in [2.75, 3.05) is 29.4 Å². The van der Waals surface area contributed by atoms with Crippen LogP contribution in [-0.2, 0) is 17.4 Å². The van der Waals surface area contributed by atoms with Gasteiger partial charge in [0.2, 0.25) is 5.82 Å². The standard InChI is InChI=1S/C26H30F3N5O/c1-18-11-14-33(15-12-18)23-16-24(32-25(31-23)26(27,28)29)34-13-3-5-21(34)22(35)6-2-4-19-7-9-20(17-30)10-8-19/h7-10,16,18,21H,2-6,11-15H2,1H3/t21-/m0/s1. The molecule has 0 unspecified atom stereocenters. The Labute approximate surface area is 203 Å². The van der Waals surface area contributed by atoms with Crippen molar-refractivity contribution >= 4 is 17.4 Å². The summed E-state index contributed by atoms with van der Waals surface area (Å²) in [4.78, 5) is 24.4. The number of alkyl halides is 3. The summed E-state index contributed by atoms with van der Waals surface area (Å²) in [6.07, 6.45) is 0.182. The lowest BCUT2D eigenvalue weighted by molar-refractivity contribution is -0.144. The van der Waals surface area contributed by atoms with Gasteiger partial charge >= 0.3 is 6.18 Å². The lowest BCUT2D eigenvalue weighted by atomic mass is 9.99. The Bertz CT molecular complexity index is 1070. The zero-order valence-electron chi connectivity index (χ0n) is 19.9. The summed E-state index contributed by atoms with van der Waals surface area (Å²) >= 11 is 0. The number of carbonyl (C=O) groups is 1. The Morgan fingerprint density at radius 2 is 1.77 bits per heavy atom. The fourth-order valence-electron chi connectivity index (χ4n) is 4.85. The van der Waals surface area contributed by atoms with Gasteiger partial charge in [0, 0.05) is 32.1 Å². The molecule has 0 bridgehead atoms. The van der Waals surface area contributed by atoms with Gasteiger partial charge < -0.3 is 9.80 Å². The highest BCUT2D eigenvalue weighted by Gasteiger charge is 2.38. The van der Waals surface area contributed by atoms with Crippen LogP contribution in [0.1, 0.15) is 62.4 Å². The second-order valence-corrected chi connectivity index (χ2v) is 9.56. The fourth-order valence-corrected chi connectivity index (χ4v) is 4.85. The second-order valence-electron chi connectivity index (χ2n) is 9.56. The van der Waals surface area contributed by atoms with Crippen molar-refractivity contribution in [3.63, 3.8) is 0 Å². The normalized spacial score (nSPS) is 19.1. The number of benzene rings is 1. The minimum Gasteiger partial charge on any atom is -0.356 e. The van der Waals surface area contributed by atoms with Crippen LogP contribution in [0.2, 0.25) is 0 Å². The largest absolute Gasteiger partial charge is 0.451 e. The molecule has 2 aliphatic heterocycles. The molecule has 2 saturated heterocycles. The third kappa shape index (κ3) is 6.11. The third-order valence-electron chi connectivity index (χ3n) is 6.95. The number of Topliss-reactive ketones (excluding diaryl/α,β-unsaturated/α-hetero) is 1. The summed E-state index contributed by atoms with van der Waals surface area (Å²) in [5.41, 5.74) is 1.64. The molecule has 3 heterocycles. The van der Waals surface area contributed by atoms with E-state index >= 15 is 0 Å². The summed E-state index contributed by atoms with van der Waals surface area (Å²) in [6, 6.07) is 10.5. The number of ketones is 1. The molecule has 1 aromatic carbocycles. The maximum atomic E-state index is 13.6. The van der Waals surface area contributed by atoms with Crippen molar-refractivity contribution in [3.05, 3.63) is 47.3 Å². The summed E-state index contributed by atoms with van der Waals surface area (Å²) < 4.78 is 40.9. The summed E-state index contributed by atoms with van der Waals surface area (Å²) in [6.45, 7) is 3.96. The van der Waals surface area contributed by atoms with E-state index in [2.05, 4.69) is 23.0 Å². The summed E-state index contributed by atoms with van der Waals surface area (Å²) in [5.74, 6) is -0.115. The first kappa shape index (κ1) is 25.0. The first-order chi connectivity index (χ1) is 16.7. The van der Waals surface area contributed by atoms with Gasteiger partial charge in [-0.3, -0.25) is 4.79 Å². The predicted octanol–water partition coefficient (Wildman–Crippen LogP) is 5.16. The van der Waals surface area contributed by atoms with E-state index in [1.807, 2.05) is 17.0 Å². The van der Waals surface area contributed by atoms with E-state index in [0.29, 0.717) is 56.8 Å². The monoisotopic (exact) mass is 485 g/mol. The minimum atomic E-state index is -4.66. The van der Waals surface area contributed by atoms with Crippen LogP contribution in [0.25, 0.3) is 0 Å². The zero-order valence-corrected chi connectivity index (χ0v) is 19.9. The number of hydrogen-bond donors (Lipinski definition) is 0. The third-order valence-corrected chi connectivity index (χ3v) is 6.95. The van der Waals surface area contributed by atoms with Crippen molar-refractivity contribution in [2.24, 2.45) is 5.92 Å². The highest BCUT2D eigenvalue weighted by molar-refractivity contribution is 5.87. The Kier molecular flexibility index (Phi) is 7.58. The van der Waals surface area contributed by atoms with Crippen molar-refractivity contribution in [1.82, 2.24) is 9.97 Å². The second kappa shape index (κ2) is 10.6. The zero-order chi connectivity index (χ0) is 25.0. The average Bonchev–Trinajstić information content (AvgIpc) is 3.34. The Hall–Kier alpha value is -3.15.